The topological polar surface area (TPSA) is 45.7 Å². The third-order valence-electron chi connectivity index (χ3n) is 3.10. The molecule has 2 N–H and O–H groups in total. The Morgan fingerprint density at radius 2 is 1.92 bits per heavy atom. The highest BCUT2D eigenvalue weighted by Gasteiger charge is 2.30. The van der Waals surface area contributed by atoms with Crippen LogP contribution in [0.2, 0.25) is 0 Å². The van der Waals surface area contributed by atoms with Crippen molar-refractivity contribution >= 4 is 17.3 Å². The van der Waals surface area contributed by atoms with Gasteiger partial charge in [-0.15, -0.1) is 24.5 Å². The molecule has 0 spiro atoms. The lowest BCUT2D eigenvalue weighted by atomic mass is 10.1. The van der Waals surface area contributed by atoms with Gasteiger partial charge in [0, 0.05) is 18.5 Å². The highest BCUT2D eigenvalue weighted by Crippen LogP contribution is 2.22. The molecule has 0 saturated carbocycles. The molecular weight excluding hydrogens is 339 g/mol. The molecule has 8 heteroatoms. The minimum absolute atomic E-state index is 0.215. The predicted molar refractivity (Wildman–Crippen MR) is 89.3 cm³/mol. The lowest BCUT2D eigenvalue weighted by Gasteiger charge is -2.12. The van der Waals surface area contributed by atoms with E-state index in [1.54, 1.807) is 30.5 Å². The molecule has 0 bridgehead atoms. The van der Waals surface area contributed by atoms with Crippen molar-refractivity contribution in [2.45, 2.75) is 19.3 Å². The fourth-order valence-electron chi connectivity index (χ4n) is 1.99. The van der Waals surface area contributed by atoms with Crippen molar-refractivity contribution < 1.29 is 17.9 Å². The first-order chi connectivity index (χ1) is 11.5. The highest BCUT2D eigenvalue weighted by molar-refractivity contribution is 7.09. The van der Waals surface area contributed by atoms with Gasteiger partial charge in [-0.1, -0.05) is 18.2 Å². The Hall–Kier alpha value is -2.22. The number of alkyl halides is 3. The van der Waals surface area contributed by atoms with Crippen molar-refractivity contribution in [3.63, 3.8) is 0 Å². The second kappa shape index (κ2) is 8.58. The maximum atomic E-state index is 12.1. The fourth-order valence-corrected chi connectivity index (χ4v) is 2.63. The molecule has 0 amide bonds. The van der Waals surface area contributed by atoms with Crippen LogP contribution in [0.15, 0.2) is 46.8 Å². The summed E-state index contributed by atoms with van der Waals surface area (Å²) in [7, 11) is 1.69. The quantitative estimate of drug-likeness (QED) is 0.614. The molecule has 0 atom stereocenters. The number of nitrogens with one attached hydrogen (secondary N) is 2. The SMILES string of the molecule is CN=C(NCCc1ccc(OC(F)(F)F)cc1)NCc1cccs1. The number of hydrogen-bond donors (Lipinski definition) is 2. The largest absolute Gasteiger partial charge is 0.573 e. The Balaban J connectivity index is 1.74. The second-order valence-corrected chi connectivity index (χ2v) is 5.91. The predicted octanol–water partition coefficient (Wildman–Crippen LogP) is 3.55. The number of halogens is 3. The van der Waals surface area contributed by atoms with Gasteiger partial charge in [0.1, 0.15) is 5.75 Å². The minimum atomic E-state index is -4.66. The first-order valence-corrected chi connectivity index (χ1v) is 8.16. The van der Waals surface area contributed by atoms with E-state index in [1.165, 1.54) is 17.0 Å². The Morgan fingerprint density at radius 1 is 1.17 bits per heavy atom. The molecule has 130 valence electrons. The molecule has 4 nitrogen and oxygen atoms in total. The van der Waals surface area contributed by atoms with Crippen LogP contribution in [0.4, 0.5) is 13.2 Å². The van der Waals surface area contributed by atoms with Gasteiger partial charge in [0.05, 0.1) is 6.54 Å². The molecule has 2 rings (SSSR count). The van der Waals surface area contributed by atoms with Crippen LogP contribution in [-0.4, -0.2) is 25.9 Å². The van der Waals surface area contributed by atoms with Crippen LogP contribution in [0, 0.1) is 0 Å². The van der Waals surface area contributed by atoms with Gasteiger partial charge >= 0.3 is 6.36 Å². The summed E-state index contributed by atoms with van der Waals surface area (Å²) in [5.74, 6) is 0.466. The highest BCUT2D eigenvalue weighted by atomic mass is 32.1. The molecule has 2 aromatic rings. The van der Waals surface area contributed by atoms with Crippen molar-refractivity contribution in [1.29, 1.82) is 0 Å². The summed E-state index contributed by atoms with van der Waals surface area (Å²) >= 11 is 1.66. The first kappa shape index (κ1) is 18.1. The molecule has 0 aliphatic heterocycles. The van der Waals surface area contributed by atoms with Gasteiger partial charge in [0.2, 0.25) is 0 Å². The average molecular weight is 357 g/mol. The Labute approximate surface area is 142 Å². The van der Waals surface area contributed by atoms with Gasteiger partial charge in [-0.2, -0.15) is 0 Å². The van der Waals surface area contributed by atoms with Crippen molar-refractivity contribution in [2.75, 3.05) is 13.6 Å². The second-order valence-electron chi connectivity index (χ2n) is 4.87. The van der Waals surface area contributed by atoms with Crippen LogP contribution in [-0.2, 0) is 13.0 Å². The monoisotopic (exact) mass is 357 g/mol. The van der Waals surface area contributed by atoms with Crippen molar-refractivity contribution in [3.05, 3.63) is 52.2 Å². The van der Waals surface area contributed by atoms with Crippen LogP contribution in [0.3, 0.4) is 0 Å². The molecule has 0 radical (unpaired) electrons. The van der Waals surface area contributed by atoms with E-state index in [1.807, 2.05) is 17.5 Å². The van der Waals surface area contributed by atoms with E-state index in [0.29, 0.717) is 25.5 Å². The number of ether oxygens (including phenoxy) is 1. The molecule has 1 heterocycles. The van der Waals surface area contributed by atoms with Crippen LogP contribution in [0.25, 0.3) is 0 Å². The molecule has 24 heavy (non-hydrogen) atoms. The number of aliphatic imine (C=N–C) groups is 1. The Bertz CT molecular complexity index is 640. The third-order valence-corrected chi connectivity index (χ3v) is 3.97. The molecular formula is C16H18F3N3OS. The van der Waals surface area contributed by atoms with E-state index in [4.69, 9.17) is 0 Å². The van der Waals surface area contributed by atoms with Crippen molar-refractivity contribution in [1.82, 2.24) is 10.6 Å². The van der Waals surface area contributed by atoms with Gasteiger partial charge in [-0.05, 0) is 35.6 Å². The van der Waals surface area contributed by atoms with Crippen molar-refractivity contribution in [2.24, 2.45) is 4.99 Å². The number of guanidine groups is 1. The van der Waals surface area contributed by atoms with E-state index >= 15 is 0 Å². The molecule has 0 aliphatic carbocycles. The standard InChI is InChI=1S/C16H18F3N3OS/c1-20-15(22-11-14-3-2-10-24-14)21-9-8-12-4-6-13(7-5-12)23-16(17,18)19/h2-7,10H,8-9,11H2,1H3,(H2,20,21,22). The fraction of sp³-hybridized carbons (Fsp3) is 0.312. The van der Waals surface area contributed by atoms with Gasteiger partial charge in [0.25, 0.3) is 0 Å². The lowest BCUT2D eigenvalue weighted by Crippen LogP contribution is -2.37. The number of hydrogen-bond acceptors (Lipinski definition) is 3. The van der Waals surface area contributed by atoms with E-state index in [2.05, 4.69) is 20.4 Å². The van der Waals surface area contributed by atoms with E-state index in [9.17, 15) is 13.2 Å². The first-order valence-electron chi connectivity index (χ1n) is 7.28. The van der Waals surface area contributed by atoms with Gasteiger partial charge in [0.15, 0.2) is 5.96 Å². The van der Waals surface area contributed by atoms with Gasteiger partial charge < -0.3 is 15.4 Å². The zero-order valence-electron chi connectivity index (χ0n) is 13.1. The molecule has 0 fully saturated rings. The number of rotatable bonds is 6. The third kappa shape index (κ3) is 6.49. The lowest BCUT2D eigenvalue weighted by molar-refractivity contribution is -0.274. The normalized spacial score (nSPS) is 12.1. The molecule has 0 unspecified atom stereocenters. The number of thiophene rings is 1. The molecule has 1 aromatic heterocycles. The summed E-state index contributed by atoms with van der Waals surface area (Å²) in [5, 5.41) is 8.38. The van der Waals surface area contributed by atoms with Crippen LogP contribution in [0.5, 0.6) is 5.75 Å². The molecule has 1 aromatic carbocycles. The van der Waals surface area contributed by atoms with Gasteiger partial charge in [-0.25, -0.2) is 0 Å². The zero-order valence-corrected chi connectivity index (χ0v) is 13.9. The smallest absolute Gasteiger partial charge is 0.406 e. The maximum absolute atomic E-state index is 12.1. The van der Waals surface area contributed by atoms with E-state index in [-0.39, 0.29) is 5.75 Å². The van der Waals surface area contributed by atoms with Crippen LogP contribution in [0.1, 0.15) is 10.4 Å². The molecule has 0 aliphatic rings. The summed E-state index contributed by atoms with van der Waals surface area (Å²) in [6, 6.07) is 9.88. The summed E-state index contributed by atoms with van der Waals surface area (Å²) in [4.78, 5) is 5.33. The summed E-state index contributed by atoms with van der Waals surface area (Å²) in [5.41, 5.74) is 0.908. The van der Waals surface area contributed by atoms with Crippen LogP contribution < -0.4 is 15.4 Å². The maximum Gasteiger partial charge on any atom is 0.573 e. The minimum Gasteiger partial charge on any atom is -0.406 e. The summed E-state index contributed by atoms with van der Waals surface area (Å²) < 4.78 is 40.1. The number of benzene rings is 1. The summed E-state index contributed by atoms with van der Waals surface area (Å²) in [6.07, 6.45) is -4.00. The van der Waals surface area contributed by atoms with Crippen LogP contribution >= 0.6 is 11.3 Å². The van der Waals surface area contributed by atoms with Gasteiger partial charge in [-0.3, -0.25) is 4.99 Å². The summed E-state index contributed by atoms with van der Waals surface area (Å²) in [6.45, 7) is 1.31. The van der Waals surface area contributed by atoms with Crippen molar-refractivity contribution in [3.8, 4) is 5.75 Å². The van der Waals surface area contributed by atoms with E-state index < -0.39 is 6.36 Å². The Kier molecular flexibility index (Phi) is 6.48. The number of nitrogens with zero attached hydrogens (tertiary/aromatic N) is 1. The Morgan fingerprint density at radius 3 is 2.50 bits per heavy atom. The van der Waals surface area contributed by atoms with E-state index in [0.717, 1.165) is 5.56 Å². The average Bonchev–Trinajstić information content (AvgIpc) is 3.04. The molecule has 0 saturated heterocycles. The zero-order chi connectivity index (χ0) is 17.4.